The van der Waals surface area contributed by atoms with Crippen LogP contribution in [0.25, 0.3) is 11.4 Å². The minimum absolute atomic E-state index is 0.0255. The van der Waals surface area contributed by atoms with Crippen molar-refractivity contribution < 1.29 is 10.0 Å². The van der Waals surface area contributed by atoms with Gasteiger partial charge >= 0.3 is 0 Å². The van der Waals surface area contributed by atoms with Crippen molar-refractivity contribution in [1.82, 2.24) is 15.0 Å². The van der Waals surface area contributed by atoms with Crippen LogP contribution in [0.2, 0.25) is 0 Å². The van der Waals surface area contributed by atoms with Crippen molar-refractivity contribution in [3.05, 3.63) is 64.3 Å². The minimum atomic E-state index is -0.415. The summed E-state index contributed by atoms with van der Waals surface area (Å²) in [5.41, 5.74) is 2.34. The normalized spacial score (nSPS) is 11.9. The second-order valence-electron chi connectivity index (χ2n) is 7.19. The lowest BCUT2D eigenvalue weighted by Gasteiger charge is -2.20. The molecule has 3 N–H and O–H groups in total. The second kappa shape index (κ2) is 9.27. The highest BCUT2D eigenvalue weighted by Gasteiger charge is 2.17. The highest BCUT2D eigenvalue weighted by atomic mass is 16.6. The summed E-state index contributed by atoms with van der Waals surface area (Å²) in [7, 11) is 0. The van der Waals surface area contributed by atoms with E-state index in [1.807, 2.05) is 32.0 Å². The molecule has 0 saturated carbocycles. The van der Waals surface area contributed by atoms with Crippen LogP contribution in [0.1, 0.15) is 19.4 Å². The molecule has 9 nitrogen and oxygen atoms in total. The number of rotatable bonds is 8. The van der Waals surface area contributed by atoms with Crippen molar-refractivity contribution in [1.29, 1.82) is 0 Å². The lowest BCUT2D eigenvalue weighted by atomic mass is 10.1. The van der Waals surface area contributed by atoms with Crippen molar-refractivity contribution in [2.45, 2.75) is 26.8 Å². The molecule has 156 valence electrons. The number of nitrogens with zero attached hydrogens (tertiary/aromatic N) is 4. The van der Waals surface area contributed by atoms with Gasteiger partial charge in [0.25, 0.3) is 5.69 Å². The highest BCUT2D eigenvalue weighted by Crippen LogP contribution is 2.29. The Morgan fingerprint density at radius 3 is 2.57 bits per heavy atom. The van der Waals surface area contributed by atoms with Gasteiger partial charge in [0.2, 0.25) is 5.95 Å². The summed E-state index contributed by atoms with van der Waals surface area (Å²) in [5, 5.41) is 27.2. The first-order valence-electron chi connectivity index (χ1n) is 9.58. The summed E-state index contributed by atoms with van der Waals surface area (Å²) in [5.74, 6) is 0.946. The predicted molar refractivity (Wildman–Crippen MR) is 116 cm³/mol. The Balaban J connectivity index is 2.02. The van der Waals surface area contributed by atoms with Crippen LogP contribution < -0.4 is 10.6 Å². The van der Waals surface area contributed by atoms with Crippen LogP contribution in [-0.4, -0.2) is 37.6 Å². The molecule has 3 rings (SSSR count). The Morgan fingerprint density at radius 2 is 1.93 bits per heavy atom. The number of hydrogen-bond acceptors (Lipinski definition) is 8. The first kappa shape index (κ1) is 21.1. The number of aliphatic hydroxyl groups excluding tert-OH is 1. The molecular weight excluding hydrogens is 384 g/mol. The van der Waals surface area contributed by atoms with E-state index in [1.165, 1.54) is 6.07 Å². The Bertz CT molecular complexity index is 1030. The molecule has 0 fully saturated rings. The summed E-state index contributed by atoms with van der Waals surface area (Å²) >= 11 is 0. The van der Waals surface area contributed by atoms with Crippen LogP contribution in [0, 0.1) is 23.0 Å². The number of hydrogen-bond donors (Lipinski definition) is 3. The molecule has 0 aliphatic heterocycles. The van der Waals surface area contributed by atoms with E-state index >= 15 is 0 Å². The number of anilines is 3. The highest BCUT2D eigenvalue weighted by molar-refractivity contribution is 5.69. The van der Waals surface area contributed by atoms with Crippen molar-refractivity contribution in [3.63, 3.8) is 0 Å². The van der Waals surface area contributed by atoms with Crippen molar-refractivity contribution in [3.8, 4) is 11.4 Å². The fourth-order valence-electron chi connectivity index (χ4n) is 2.90. The summed E-state index contributed by atoms with van der Waals surface area (Å²) in [6.07, 6.45) is 1.67. The van der Waals surface area contributed by atoms with E-state index in [4.69, 9.17) is 0 Å². The van der Waals surface area contributed by atoms with Crippen LogP contribution in [0.5, 0.6) is 0 Å². The second-order valence-corrected chi connectivity index (χ2v) is 7.19. The smallest absolute Gasteiger partial charge is 0.274 e. The maximum Gasteiger partial charge on any atom is 0.274 e. The molecule has 3 aromatic rings. The Kier molecular flexibility index (Phi) is 6.53. The molecule has 0 unspecified atom stereocenters. The van der Waals surface area contributed by atoms with Crippen LogP contribution in [-0.2, 0) is 0 Å². The lowest BCUT2D eigenvalue weighted by Crippen LogP contribution is -2.30. The molecule has 0 radical (unpaired) electrons. The average molecular weight is 408 g/mol. The average Bonchev–Trinajstić information content (AvgIpc) is 2.73. The van der Waals surface area contributed by atoms with Crippen LogP contribution >= 0.6 is 0 Å². The summed E-state index contributed by atoms with van der Waals surface area (Å²) in [6, 6.07) is 11.8. The number of nitrogens with one attached hydrogen (secondary N) is 2. The SMILES string of the molecule is Cc1c(Nc2cc(-c3ccccn3)nc(N[C@H](CO)C(C)C)n2)cccc1[N+](=O)[O-]. The molecule has 0 aliphatic carbocycles. The summed E-state index contributed by atoms with van der Waals surface area (Å²) in [6.45, 7) is 5.59. The molecule has 0 amide bonds. The number of nitro benzene ring substituents is 1. The number of benzene rings is 1. The van der Waals surface area contributed by atoms with Crippen LogP contribution in [0.4, 0.5) is 23.1 Å². The van der Waals surface area contributed by atoms with E-state index in [0.29, 0.717) is 34.4 Å². The standard InChI is InChI=1S/C21H24N6O3/c1-13(2)18(12-28)25-21-24-17(16-7-4-5-10-22-16)11-20(26-21)23-15-8-6-9-19(14(15)3)27(29)30/h4-11,13,18,28H,12H2,1-3H3,(H2,23,24,25,26)/t18-/m1/s1. The van der Waals surface area contributed by atoms with E-state index < -0.39 is 4.92 Å². The molecule has 9 heteroatoms. The molecule has 0 aliphatic rings. The van der Waals surface area contributed by atoms with Gasteiger partial charge in [0.05, 0.1) is 34.5 Å². The number of pyridine rings is 1. The molecule has 0 saturated heterocycles. The van der Waals surface area contributed by atoms with Crippen molar-refractivity contribution in [2.75, 3.05) is 17.2 Å². The summed E-state index contributed by atoms with van der Waals surface area (Å²) < 4.78 is 0. The number of nitro groups is 1. The maximum atomic E-state index is 11.2. The van der Waals surface area contributed by atoms with Gasteiger partial charge in [0.15, 0.2) is 0 Å². The van der Waals surface area contributed by atoms with Gasteiger partial charge in [0.1, 0.15) is 5.82 Å². The molecule has 0 bridgehead atoms. The third-order valence-electron chi connectivity index (χ3n) is 4.73. The van der Waals surface area contributed by atoms with Gasteiger partial charge in [0, 0.05) is 24.0 Å². The van der Waals surface area contributed by atoms with Gasteiger partial charge in [-0.25, -0.2) is 4.98 Å². The van der Waals surface area contributed by atoms with Gasteiger partial charge in [-0.3, -0.25) is 15.1 Å². The summed E-state index contributed by atoms with van der Waals surface area (Å²) in [4.78, 5) is 24.2. The van der Waals surface area contributed by atoms with E-state index in [2.05, 4.69) is 25.6 Å². The van der Waals surface area contributed by atoms with E-state index in [1.54, 1.807) is 31.3 Å². The first-order chi connectivity index (χ1) is 14.4. The van der Waals surface area contributed by atoms with Crippen molar-refractivity contribution >= 4 is 23.1 Å². The number of aromatic nitrogens is 3. The zero-order valence-electron chi connectivity index (χ0n) is 17.0. The van der Waals surface area contributed by atoms with Gasteiger partial charge in [-0.05, 0) is 31.0 Å². The lowest BCUT2D eigenvalue weighted by molar-refractivity contribution is -0.385. The topological polar surface area (TPSA) is 126 Å². The molecule has 1 aromatic carbocycles. The van der Waals surface area contributed by atoms with Gasteiger partial charge in [-0.2, -0.15) is 4.98 Å². The zero-order valence-corrected chi connectivity index (χ0v) is 17.0. The van der Waals surface area contributed by atoms with E-state index in [9.17, 15) is 15.2 Å². The fourth-order valence-corrected chi connectivity index (χ4v) is 2.90. The Labute approximate surface area is 174 Å². The van der Waals surface area contributed by atoms with Gasteiger partial charge < -0.3 is 15.7 Å². The molecule has 30 heavy (non-hydrogen) atoms. The van der Waals surface area contributed by atoms with E-state index in [-0.39, 0.29) is 24.3 Å². The Morgan fingerprint density at radius 1 is 1.13 bits per heavy atom. The molecule has 0 spiro atoms. The number of aliphatic hydroxyl groups is 1. The van der Waals surface area contributed by atoms with Gasteiger partial charge in [-0.1, -0.05) is 26.0 Å². The van der Waals surface area contributed by atoms with Crippen LogP contribution in [0.3, 0.4) is 0 Å². The molecular formula is C21H24N6O3. The van der Waals surface area contributed by atoms with Gasteiger partial charge in [-0.15, -0.1) is 0 Å². The Hall–Kier alpha value is -3.59. The third-order valence-corrected chi connectivity index (χ3v) is 4.73. The first-order valence-corrected chi connectivity index (χ1v) is 9.58. The molecule has 1 atom stereocenters. The van der Waals surface area contributed by atoms with Crippen molar-refractivity contribution in [2.24, 2.45) is 5.92 Å². The molecule has 2 heterocycles. The van der Waals surface area contributed by atoms with E-state index in [0.717, 1.165) is 0 Å². The largest absolute Gasteiger partial charge is 0.394 e. The maximum absolute atomic E-state index is 11.2. The minimum Gasteiger partial charge on any atom is -0.394 e. The van der Waals surface area contributed by atoms with Crippen LogP contribution in [0.15, 0.2) is 48.7 Å². The molecule has 2 aromatic heterocycles. The fraction of sp³-hybridized carbons (Fsp3) is 0.286. The zero-order chi connectivity index (χ0) is 21.7. The third kappa shape index (κ3) is 4.87. The quantitative estimate of drug-likeness (QED) is 0.378. The predicted octanol–water partition coefficient (Wildman–Crippen LogP) is 3.93. The monoisotopic (exact) mass is 408 g/mol.